The van der Waals surface area contributed by atoms with E-state index in [2.05, 4.69) is 4.72 Å². The highest BCUT2D eigenvalue weighted by Gasteiger charge is 2.30. The molecule has 0 aromatic heterocycles. The molecule has 0 amide bonds. The van der Waals surface area contributed by atoms with Gasteiger partial charge in [0, 0.05) is 12.6 Å². The summed E-state index contributed by atoms with van der Waals surface area (Å²) in [6.45, 7) is 0.100. The molecule has 0 heterocycles. The van der Waals surface area contributed by atoms with Gasteiger partial charge in [0.05, 0.1) is 9.79 Å². The highest BCUT2D eigenvalue weighted by Crippen LogP contribution is 2.17. The smallest absolute Gasteiger partial charge is 0.328 e. The van der Waals surface area contributed by atoms with Gasteiger partial charge in [-0.15, -0.1) is 0 Å². The number of sulfonamides is 2. The molecule has 1 rings (SSSR count). The van der Waals surface area contributed by atoms with Crippen LogP contribution in [0.2, 0.25) is 0 Å². The van der Waals surface area contributed by atoms with E-state index in [1.807, 2.05) is 0 Å². The lowest BCUT2D eigenvalue weighted by atomic mass is 10.3. The highest BCUT2D eigenvalue weighted by molar-refractivity contribution is 7.90. The lowest BCUT2D eigenvalue weighted by molar-refractivity contribution is -0.121. The summed E-state index contributed by atoms with van der Waals surface area (Å²) >= 11 is 0. The minimum Gasteiger partial charge on any atom is -0.328 e. The fourth-order valence-electron chi connectivity index (χ4n) is 1.56. The van der Waals surface area contributed by atoms with E-state index in [1.165, 1.54) is 4.72 Å². The molecule has 0 spiro atoms. The van der Waals surface area contributed by atoms with Gasteiger partial charge in [0.25, 0.3) is 0 Å². The van der Waals surface area contributed by atoms with Crippen LogP contribution in [-0.2, 0) is 20.0 Å². The highest BCUT2D eigenvalue weighted by atomic mass is 32.2. The first-order chi connectivity index (χ1) is 10.8. The molecule has 0 radical (unpaired) electrons. The Kier molecular flexibility index (Phi) is 6.75. The average molecular weight is 389 g/mol. The molecule has 0 aliphatic carbocycles. The molecule has 0 fully saturated rings. The van der Waals surface area contributed by atoms with Crippen LogP contribution >= 0.6 is 0 Å². The predicted octanol–water partition coefficient (Wildman–Crippen LogP) is 0.543. The van der Waals surface area contributed by atoms with E-state index in [1.54, 1.807) is 6.92 Å². The third-order valence-electron chi connectivity index (χ3n) is 2.80. The van der Waals surface area contributed by atoms with Crippen LogP contribution < -0.4 is 15.2 Å². The van der Waals surface area contributed by atoms with Gasteiger partial charge < -0.3 is 5.73 Å². The SMILES string of the molecule is CC(N)CCNS(=O)(=O)c1ccc(S(=O)(=O)NCC(F)(F)F)cc1. The molecule has 1 aromatic carbocycles. The van der Waals surface area contributed by atoms with Crippen molar-refractivity contribution in [2.75, 3.05) is 13.1 Å². The molecule has 1 unspecified atom stereocenters. The van der Waals surface area contributed by atoms with Crippen molar-refractivity contribution >= 4 is 20.0 Å². The summed E-state index contributed by atoms with van der Waals surface area (Å²) < 4.78 is 87.2. The first-order valence-electron chi connectivity index (χ1n) is 6.75. The first-order valence-corrected chi connectivity index (χ1v) is 9.72. The third kappa shape index (κ3) is 6.73. The summed E-state index contributed by atoms with van der Waals surface area (Å²) in [5, 5.41) is 0. The van der Waals surface area contributed by atoms with Crippen LogP contribution in [0.5, 0.6) is 0 Å². The maximum absolute atomic E-state index is 12.1. The molecule has 4 N–H and O–H groups in total. The Balaban J connectivity index is 2.85. The van der Waals surface area contributed by atoms with Crippen molar-refractivity contribution in [2.24, 2.45) is 5.73 Å². The topological polar surface area (TPSA) is 118 Å². The standard InChI is InChI=1S/C12H18F3N3O4S2/c1-9(16)6-7-17-23(19,20)10-2-4-11(5-3-10)24(21,22)18-8-12(13,14)15/h2-5,9,17-18H,6-8,16H2,1H3. The molecule has 0 aliphatic rings. The second kappa shape index (κ2) is 7.78. The Morgan fingerprint density at radius 3 is 1.79 bits per heavy atom. The van der Waals surface area contributed by atoms with Crippen molar-refractivity contribution in [2.45, 2.75) is 35.4 Å². The van der Waals surface area contributed by atoms with Crippen molar-refractivity contribution in [3.63, 3.8) is 0 Å². The van der Waals surface area contributed by atoms with Crippen LogP contribution in [0.1, 0.15) is 13.3 Å². The van der Waals surface area contributed by atoms with E-state index in [0.717, 1.165) is 24.3 Å². The third-order valence-corrected chi connectivity index (χ3v) is 5.69. The van der Waals surface area contributed by atoms with Crippen molar-refractivity contribution < 1.29 is 30.0 Å². The maximum Gasteiger partial charge on any atom is 0.402 e. The molecule has 138 valence electrons. The lowest BCUT2D eigenvalue weighted by Gasteiger charge is -2.11. The fraction of sp³-hybridized carbons (Fsp3) is 0.500. The van der Waals surface area contributed by atoms with Gasteiger partial charge in [-0.25, -0.2) is 26.3 Å². The van der Waals surface area contributed by atoms with Crippen molar-refractivity contribution in [1.82, 2.24) is 9.44 Å². The Morgan fingerprint density at radius 1 is 1.00 bits per heavy atom. The van der Waals surface area contributed by atoms with Crippen LogP contribution in [-0.4, -0.2) is 42.1 Å². The minimum absolute atomic E-state index is 0.104. The van der Waals surface area contributed by atoms with Crippen molar-refractivity contribution in [3.8, 4) is 0 Å². The summed E-state index contributed by atoms with van der Waals surface area (Å²) in [6, 6.07) is 3.63. The first kappa shape index (κ1) is 20.8. The van der Waals surface area contributed by atoms with E-state index in [-0.39, 0.29) is 17.5 Å². The number of hydrogen-bond acceptors (Lipinski definition) is 5. The van der Waals surface area contributed by atoms with E-state index in [9.17, 15) is 30.0 Å². The van der Waals surface area contributed by atoms with Crippen LogP contribution in [0.15, 0.2) is 34.1 Å². The molecule has 0 aliphatic heterocycles. The predicted molar refractivity (Wildman–Crippen MR) is 81.1 cm³/mol. The molecule has 0 saturated heterocycles. The Hall–Kier alpha value is -1.21. The molecule has 1 atom stereocenters. The van der Waals surface area contributed by atoms with Gasteiger partial charge in [-0.05, 0) is 37.6 Å². The molecule has 0 bridgehead atoms. The minimum atomic E-state index is -4.69. The van der Waals surface area contributed by atoms with E-state index in [4.69, 9.17) is 5.73 Å². The maximum atomic E-state index is 12.1. The fourth-order valence-corrected chi connectivity index (χ4v) is 3.62. The molecular formula is C12H18F3N3O4S2. The van der Waals surface area contributed by atoms with Gasteiger partial charge in [0.1, 0.15) is 6.54 Å². The molecular weight excluding hydrogens is 371 g/mol. The van der Waals surface area contributed by atoms with Crippen molar-refractivity contribution in [1.29, 1.82) is 0 Å². The summed E-state index contributed by atoms with van der Waals surface area (Å²) in [5.74, 6) is 0. The van der Waals surface area contributed by atoms with Gasteiger partial charge in [0.2, 0.25) is 20.0 Å². The van der Waals surface area contributed by atoms with Gasteiger partial charge in [0.15, 0.2) is 0 Å². The van der Waals surface area contributed by atoms with Crippen LogP contribution in [0.25, 0.3) is 0 Å². The normalized spacial score (nSPS) is 14.5. The number of nitrogens with one attached hydrogen (secondary N) is 2. The Labute approximate surface area is 138 Å². The number of nitrogens with two attached hydrogens (primary N) is 1. The molecule has 1 aromatic rings. The summed E-state index contributed by atoms with van der Waals surface area (Å²) in [5.41, 5.74) is 5.50. The number of halogens is 3. The van der Waals surface area contributed by atoms with Crippen LogP contribution in [0, 0.1) is 0 Å². The second-order valence-corrected chi connectivity index (χ2v) is 8.61. The monoisotopic (exact) mass is 389 g/mol. The van der Waals surface area contributed by atoms with Gasteiger partial charge in [-0.2, -0.15) is 13.2 Å². The van der Waals surface area contributed by atoms with Crippen molar-refractivity contribution in [3.05, 3.63) is 24.3 Å². The lowest BCUT2D eigenvalue weighted by Crippen LogP contribution is -2.33. The van der Waals surface area contributed by atoms with Crippen LogP contribution in [0.3, 0.4) is 0 Å². The zero-order valence-electron chi connectivity index (χ0n) is 12.7. The number of benzene rings is 1. The van der Waals surface area contributed by atoms with Gasteiger partial charge in [-0.3, -0.25) is 0 Å². The number of hydrogen-bond donors (Lipinski definition) is 3. The zero-order valence-corrected chi connectivity index (χ0v) is 14.3. The average Bonchev–Trinajstić information content (AvgIpc) is 2.44. The van der Waals surface area contributed by atoms with Crippen LogP contribution in [0.4, 0.5) is 13.2 Å². The number of alkyl halides is 3. The molecule has 24 heavy (non-hydrogen) atoms. The van der Waals surface area contributed by atoms with E-state index >= 15 is 0 Å². The molecule has 12 heteroatoms. The summed E-state index contributed by atoms with van der Waals surface area (Å²) in [6.07, 6.45) is -4.28. The van der Waals surface area contributed by atoms with Gasteiger partial charge in [-0.1, -0.05) is 0 Å². The second-order valence-electron chi connectivity index (χ2n) is 5.07. The van der Waals surface area contributed by atoms with E-state index < -0.39 is 37.7 Å². The quantitative estimate of drug-likeness (QED) is 0.600. The largest absolute Gasteiger partial charge is 0.402 e. The van der Waals surface area contributed by atoms with Gasteiger partial charge >= 0.3 is 6.18 Å². The molecule has 7 nitrogen and oxygen atoms in total. The molecule has 0 saturated carbocycles. The summed E-state index contributed by atoms with van der Waals surface area (Å²) in [4.78, 5) is -0.678. The Bertz CT molecular complexity index is 745. The Morgan fingerprint density at radius 2 is 1.42 bits per heavy atom. The van der Waals surface area contributed by atoms with E-state index in [0.29, 0.717) is 6.42 Å². The number of rotatable bonds is 8. The summed E-state index contributed by atoms with van der Waals surface area (Å²) in [7, 11) is -8.24. The zero-order chi connectivity index (χ0) is 18.6.